The number of hydrogen-bond acceptors (Lipinski definition) is 9. The highest BCUT2D eigenvalue weighted by Crippen LogP contribution is 2.52. The third kappa shape index (κ3) is 11.5. The normalized spacial score (nSPS) is 19.6. The molecule has 6 aromatic rings. The van der Waals surface area contributed by atoms with Crippen molar-refractivity contribution < 1.29 is 41.8 Å². The standard InChI is InChI=1S/C46H45O9P/c47-56(53-40-27-15-5-16-28-40,54-41-29-17-6-18-30-41)55-46-45(51-34-39-25-13-4-14-26-39)44(50-33-38-23-11-3-12-24-38)43(49-32-37-21-9-2-10-22-37)42(52-46)35-48-31-36-19-7-1-8-20-36/h1-30,42-46H,31-35H2/t42?,43-,44+,45?,46+/m0/s1. The Morgan fingerprint density at radius 3 is 1.21 bits per heavy atom. The maximum Gasteiger partial charge on any atom is 0.590 e. The van der Waals surface area contributed by atoms with Crippen molar-refractivity contribution in [2.24, 2.45) is 0 Å². The fourth-order valence-corrected chi connectivity index (χ4v) is 7.55. The summed E-state index contributed by atoms with van der Waals surface area (Å²) in [5, 5.41) is 0. The summed E-state index contributed by atoms with van der Waals surface area (Å²) in [6.07, 6.45) is -4.63. The highest BCUT2D eigenvalue weighted by molar-refractivity contribution is 7.49. The van der Waals surface area contributed by atoms with Crippen LogP contribution in [0.4, 0.5) is 0 Å². The first kappa shape index (κ1) is 39.2. The Morgan fingerprint density at radius 2 is 0.786 bits per heavy atom. The summed E-state index contributed by atoms with van der Waals surface area (Å²) in [7, 11) is -4.49. The smallest absolute Gasteiger partial charge is 0.395 e. The maximum absolute atomic E-state index is 14.9. The zero-order valence-electron chi connectivity index (χ0n) is 30.9. The highest BCUT2D eigenvalue weighted by atomic mass is 31.2. The van der Waals surface area contributed by atoms with Gasteiger partial charge in [-0.05, 0) is 46.5 Å². The van der Waals surface area contributed by atoms with Crippen LogP contribution < -0.4 is 9.05 Å². The maximum atomic E-state index is 14.9. The van der Waals surface area contributed by atoms with Crippen molar-refractivity contribution in [1.29, 1.82) is 0 Å². The molecule has 56 heavy (non-hydrogen) atoms. The molecule has 0 amide bonds. The van der Waals surface area contributed by atoms with E-state index in [9.17, 15) is 4.57 Å². The van der Waals surface area contributed by atoms with E-state index in [2.05, 4.69) is 0 Å². The van der Waals surface area contributed by atoms with Crippen LogP contribution in [0.1, 0.15) is 22.3 Å². The van der Waals surface area contributed by atoms with E-state index in [0.717, 1.165) is 22.3 Å². The zero-order chi connectivity index (χ0) is 38.3. The molecule has 0 aliphatic carbocycles. The van der Waals surface area contributed by atoms with Crippen LogP contribution in [-0.4, -0.2) is 37.3 Å². The molecule has 5 atom stereocenters. The van der Waals surface area contributed by atoms with E-state index in [1.165, 1.54) is 0 Å². The summed E-state index contributed by atoms with van der Waals surface area (Å²) in [6.45, 7) is 1.08. The third-order valence-electron chi connectivity index (χ3n) is 8.99. The lowest BCUT2D eigenvalue weighted by Crippen LogP contribution is -2.61. The van der Waals surface area contributed by atoms with Crippen molar-refractivity contribution >= 4 is 7.82 Å². The monoisotopic (exact) mass is 772 g/mol. The number of ether oxygens (including phenoxy) is 5. The Hall–Kier alpha value is -5.09. The lowest BCUT2D eigenvalue weighted by Gasteiger charge is -2.46. The Morgan fingerprint density at radius 1 is 0.429 bits per heavy atom. The number of benzene rings is 6. The van der Waals surface area contributed by atoms with E-state index in [4.69, 9.17) is 37.3 Å². The molecule has 7 rings (SSSR count). The molecule has 1 aliphatic rings. The topological polar surface area (TPSA) is 90.9 Å². The average Bonchev–Trinajstić information content (AvgIpc) is 3.24. The van der Waals surface area contributed by atoms with Crippen LogP contribution in [0.25, 0.3) is 0 Å². The van der Waals surface area contributed by atoms with E-state index >= 15 is 0 Å². The van der Waals surface area contributed by atoms with Crippen LogP contribution >= 0.6 is 7.82 Å². The number of phosphoric ester groups is 1. The predicted molar refractivity (Wildman–Crippen MR) is 213 cm³/mol. The molecular formula is C46H45O9P. The summed E-state index contributed by atoms with van der Waals surface area (Å²) < 4.78 is 66.8. The van der Waals surface area contributed by atoms with E-state index in [1.807, 2.05) is 133 Å². The summed E-state index contributed by atoms with van der Waals surface area (Å²) in [4.78, 5) is 0. The molecule has 0 saturated carbocycles. The minimum Gasteiger partial charge on any atom is -0.395 e. The summed E-state index contributed by atoms with van der Waals surface area (Å²) in [5.41, 5.74) is 3.82. The average molecular weight is 773 g/mol. The quantitative estimate of drug-likeness (QED) is 0.0747. The molecule has 9 nitrogen and oxygen atoms in total. The van der Waals surface area contributed by atoms with Crippen LogP contribution in [0.5, 0.6) is 11.5 Å². The van der Waals surface area contributed by atoms with Crippen molar-refractivity contribution in [1.82, 2.24) is 0 Å². The Labute approximate surface area is 328 Å². The predicted octanol–water partition coefficient (Wildman–Crippen LogP) is 9.97. The van der Waals surface area contributed by atoms with Crippen molar-refractivity contribution in [2.75, 3.05) is 6.61 Å². The number of hydrogen-bond donors (Lipinski definition) is 0. The van der Waals surface area contributed by atoms with Crippen molar-refractivity contribution in [3.63, 3.8) is 0 Å². The molecule has 1 fully saturated rings. The molecule has 2 unspecified atom stereocenters. The van der Waals surface area contributed by atoms with Gasteiger partial charge >= 0.3 is 7.82 Å². The van der Waals surface area contributed by atoms with E-state index in [-0.39, 0.29) is 37.9 Å². The Balaban J connectivity index is 1.26. The van der Waals surface area contributed by atoms with Crippen molar-refractivity contribution in [3.8, 4) is 11.5 Å². The first-order chi connectivity index (χ1) is 27.6. The number of phosphoric acid groups is 1. The molecule has 288 valence electrons. The minimum absolute atomic E-state index is 0.0915. The fraction of sp³-hybridized carbons (Fsp3) is 0.217. The fourth-order valence-electron chi connectivity index (χ4n) is 6.24. The molecule has 0 bridgehead atoms. The summed E-state index contributed by atoms with van der Waals surface area (Å²) in [6, 6.07) is 56.8. The van der Waals surface area contributed by atoms with Gasteiger partial charge in [0.25, 0.3) is 0 Å². The molecule has 0 N–H and O–H groups in total. The summed E-state index contributed by atoms with van der Waals surface area (Å²) >= 11 is 0. The molecule has 1 saturated heterocycles. The second-order valence-corrected chi connectivity index (χ2v) is 14.7. The van der Waals surface area contributed by atoms with Gasteiger partial charge < -0.3 is 32.7 Å². The van der Waals surface area contributed by atoms with Gasteiger partial charge in [-0.2, -0.15) is 0 Å². The molecule has 0 aromatic heterocycles. The van der Waals surface area contributed by atoms with Gasteiger partial charge in [-0.25, -0.2) is 9.09 Å². The zero-order valence-corrected chi connectivity index (χ0v) is 31.8. The van der Waals surface area contributed by atoms with E-state index in [0.29, 0.717) is 6.61 Å². The van der Waals surface area contributed by atoms with Gasteiger partial charge in [0.2, 0.25) is 6.29 Å². The number of rotatable bonds is 19. The van der Waals surface area contributed by atoms with Crippen LogP contribution in [0, 0.1) is 0 Å². The number of para-hydroxylation sites is 2. The molecule has 1 heterocycles. The molecule has 0 radical (unpaired) electrons. The first-order valence-corrected chi connectivity index (χ1v) is 20.1. The van der Waals surface area contributed by atoms with Gasteiger partial charge in [0.15, 0.2) is 0 Å². The Bertz CT molecular complexity index is 2000. The third-order valence-corrected chi connectivity index (χ3v) is 10.3. The lowest BCUT2D eigenvalue weighted by molar-refractivity contribution is -0.312. The molecule has 10 heteroatoms. The van der Waals surface area contributed by atoms with Crippen LogP contribution in [0.3, 0.4) is 0 Å². The minimum atomic E-state index is -4.49. The van der Waals surface area contributed by atoms with Crippen molar-refractivity contribution in [3.05, 3.63) is 204 Å². The first-order valence-electron chi connectivity index (χ1n) is 18.6. The van der Waals surface area contributed by atoms with Gasteiger partial charge in [0.05, 0.1) is 33.0 Å². The molecule has 1 aliphatic heterocycles. The second-order valence-electron chi connectivity index (χ2n) is 13.2. The Kier molecular flexibility index (Phi) is 14.1. The van der Waals surface area contributed by atoms with Crippen LogP contribution in [0.15, 0.2) is 182 Å². The molecule has 0 spiro atoms. The highest BCUT2D eigenvalue weighted by Gasteiger charge is 2.52. The van der Waals surface area contributed by atoms with Crippen LogP contribution in [0.2, 0.25) is 0 Å². The summed E-state index contributed by atoms with van der Waals surface area (Å²) in [5.74, 6) is 0.570. The second kappa shape index (κ2) is 20.2. The van der Waals surface area contributed by atoms with Gasteiger partial charge in [-0.1, -0.05) is 158 Å². The SMILES string of the molecule is O=P(Oc1ccccc1)(Oc1ccccc1)O[C@H]1OC(COCc2ccccc2)[C@H](OCc2ccccc2)[C@@H](OCc2ccccc2)C1OCc1ccccc1. The lowest BCUT2D eigenvalue weighted by atomic mass is 9.98. The van der Waals surface area contributed by atoms with Gasteiger partial charge in [-0.15, -0.1) is 0 Å². The van der Waals surface area contributed by atoms with Gasteiger partial charge in [0.1, 0.15) is 35.9 Å². The van der Waals surface area contributed by atoms with Crippen LogP contribution in [-0.2, 0) is 59.2 Å². The molecular weight excluding hydrogens is 727 g/mol. The van der Waals surface area contributed by atoms with E-state index < -0.39 is 38.5 Å². The van der Waals surface area contributed by atoms with Gasteiger partial charge in [-0.3, -0.25) is 0 Å². The van der Waals surface area contributed by atoms with E-state index in [1.54, 1.807) is 48.5 Å². The largest absolute Gasteiger partial charge is 0.590 e. The molecule has 6 aromatic carbocycles. The van der Waals surface area contributed by atoms with Gasteiger partial charge in [0, 0.05) is 0 Å². The van der Waals surface area contributed by atoms with Crippen molar-refractivity contribution in [2.45, 2.75) is 57.1 Å².